The number of rotatable bonds is 3. The van der Waals surface area contributed by atoms with Crippen LogP contribution in [0.15, 0.2) is 0 Å². The van der Waals surface area contributed by atoms with Crippen LogP contribution in [0.2, 0.25) is 0 Å². The molecule has 0 spiro atoms. The van der Waals surface area contributed by atoms with Crippen LogP contribution in [0, 0.1) is 11.8 Å². The summed E-state index contributed by atoms with van der Waals surface area (Å²) >= 11 is 0. The predicted molar refractivity (Wildman–Crippen MR) is 75.2 cm³/mol. The van der Waals surface area contributed by atoms with Crippen molar-refractivity contribution < 1.29 is 14.7 Å². The van der Waals surface area contributed by atoms with Gasteiger partial charge < -0.3 is 10.0 Å². The summed E-state index contributed by atoms with van der Waals surface area (Å²) < 4.78 is 0. The Morgan fingerprint density at radius 3 is 2.10 bits per heavy atom. The summed E-state index contributed by atoms with van der Waals surface area (Å²) in [5.74, 6) is 0.218. The van der Waals surface area contributed by atoms with Crippen molar-refractivity contribution in [2.24, 2.45) is 11.8 Å². The molecule has 2 saturated heterocycles. The average molecular weight is 279 g/mol. The highest BCUT2D eigenvalue weighted by molar-refractivity contribution is 5.80. The first-order chi connectivity index (χ1) is 9.65. The van der Waals surface area contributed by atoms with E-state index in [2.05, 4.69) is 4.90 Å². The van der Waals surface area contributed by atoms with E-state index in [9.17, 15) is 9.59 Å². The number of carbonyl (C=O) groups is 2. The Morgan fingerprint density at radius 1 is 0.950 bits per heavy atom. The van der Waals surface area contributed by atoms with Gasteiger partial charge in [-0.3, -0.25) is 9.59 Å². The van der Waals surface area contributed by atoms with Crippen LogP contribution < -0.4 is 0 Å². The fraction of sp³-hybridized carbons (Fsp3) is 0.875. The van der Waals surface area contributed by atoms with E-state index >= 15 is 0 Å². The van der Waals surface area contributed by atoms with Gasteiger partial charge in [-0.25, -0.2) is 0 Å². The molecule has 1 saturated carbocycles. The number of amides is 1. The maximum atomic E-state index is 12.8. The molecule has 1 N–H and O–H groups in total. The molecule has 1 aliphatic carbocycles. The molecule has 3 fully saturated rings. The van der Waals surface area contributed by atoms with Crippen LogP contribution in [-0.2, 0) is 9.59 Å². The Kier molecular flexibility index (Phi) is 3.99. The number of piperidine rings is 1. The standard InChI is InChI=1S/C16H25NO3/c18-15(19)10-11-8-13-6-7-14(9-11)17(13)16(20)12-4-2-1-3-5-12/h11-14H,1-10H2,(H,18,19). The van der Waals surface area contributed by atoms with Crippen molar-refractivity contribution >= 4 is 11.9 Å². The van der Waals surface area contributed by atoms with E-state index in [1.165, 1.54) is 19.3 Å². The minimum Gasteiger partial charge on any atom is -0.481 e. The number of carboxylic acids is 1. The molecule has 2 bridgehead atoms. The molecule has 4 heteroatoms. The maximum Gasteiger partial charge on any atom is 0.303 e. The summed E-state index contributed by atoms with van der Waals surface area (Å²) in [5.41, 5.74) is 0. The maximum absolute atomic E-state index is 12.8. The molecule has 2 heterocycles. The minimum absolute atomic E-state index is 0.253. The lowest BCUT2D eigenvalue weighted by molar-refractivity contribution is -0.143. The highest BCUT2D eigenvalue weighted by Crippen LogP contribution is 2.41. The number of hydrogen-bond acceptors (Lipinski definition) is 2. The highest BCUT2D eigenvalue weighted by atomic mass is 16.4. The fourth-order valence-corrected chi connectivity index (χ4v) is 4.62. The Bertz CT molecular complexity index is 375. The number of carbonyl (C=O) groups excluding carboxylic acids is 1. The molecular weight excluding hydrogens is 254 g/mol. The van der Waals surface area contributed by atoms with Gasteiger partial charge in [-0.1, -0.05) is 19.3 Å². The molecule has 0 aromatic carbocycles. The van der Waals surface area contributed by atoms with Gasteiger partial charge in [0.05, 0.1) is 0 Å². The van der Waals surface area contributed by atoms with Crippen molar-refractivity contribution in [3.8, 4) is 0 Å². The molecule has 112 valence electrons. The molecule has 3 aliphatic rings. The Labute approximate surface area is 120 Å². The van der Waals surface area contributed by atoms with Crippen molar-refractivity contribution in [2.45, 2.75) is 76.3 Å². The number of carboxylic acid groups (broad SMARTS) is 1. The van der Waals surface area contributed by atoms with Crippen LogP contribution in [0.5, 0.6) is 0 Å². The van der Waals surface area contributed by atoms with E-state index in [4.69, 9.17) is 5.11 Å². The topological polar surface area (TPSA) is 57.6 Å². The third-order valence-electron chi connectivity index (χ3n) is 5.50. The largest absolute Gasteiger partial charge is 0.481 e. The van der Waals surface area contributed by atoms with Crippen LogP contribution in [0.25, 0.3) is 0 Å². The second-order valence-corrected chi connectivity index (χ2v) is 6.90. The average Bonchev–Trinajstić information content (AvgIpc) is 2.70. The van der Waals surface area contributed by atoms with Gasteiger partial charge in [0.2, 0.25) is 5.91 Å². The van der Waals surface area contributed by atoms with E-state index in [1.807, 2.05) is 0 Å². The number of nitrogens with zero attached hydrogens (tertiary/aromatic N) is 1. The smallest absolute Gasteiger partial charge is 0.303 e. The summed E-state index contributed by atoms with van der Waals surface area (Å²) in [7, 11) is 0. The third kappa shape index (κ3) is 2.70. The molecule has 2 unspecified atom stereocenters. The van der Waals surface area contributed by atoms with Gasteiger partial charge in [0.25, 0.3) is 0 Å². The minimum atomic E-state index is -0.693. The monoisotopic (exact) mass is 279 g/mol. The van der Waals surface area contributed by atoms with Gasteiger partial charge in [0, 0.05) is 24.4 Å². The molecule has 2 atom stereocenters. The first kappa shape index (κ1) is 13.9. The summed E-state index contributed by atoms with van der Waals surface area (Å²) in [4.78, 5) is 25.8. The van der Waals surface area contributed by atoms with Gasteiger partial charge in [0.1, 0.15) is 0 Å². The molecule has 4 nitrogen and oxygen atoms in total. The van der Waals surface area contributed by atoms with Gasteiger partial charge in [-0.15, -0.1) is 0 Å². The van der Waals surface area contributed by atoms with E-state index in [0.717, 1.165) is 38.5 Å². The van der Waals surface area contributed by atoms with Gasteiger partial charge in [0.15, 0.2) is 0 Å². The predicted octanol–water partition coefficient (Wildman–Crippen LogP) is 2.81. The van der Waals surface area contributed by atoms with Crippen LogP contribution >= 0.6 is 0 Å². The van der Waals surface area contributed by atoms with E-state index in [0.29, 0.717) is 18.0 Å². The summed E-state index contributed by atoms with van der Waals surface area (Å²) in [6.45, 7) is 0. The van der Waals surface area contributed by atoms with Crippen molar-refractivity contribution in [3.63, 3.8) is 0 Å². The second kappa shape index (κ2) is 5.74. The third-order valence-corrected chi connectivity index (χ3v) is 5.50. The van der Waals surface area contributed by atoms with Crippen LogP contribution in [-0.4, -0.2) is 34.0 Å². The van der Waals surface area contributed by atoms with Crippen molar-refractivity contribution in [2.75, 3.05) is 0 Å². The zero-order valence-electron chi connectivity index (χ0n) is 12.1. The zero-order chi connectivity index (χ0) is 14.1. The summed E-state index contributed by atoms with van der Waals surface area (Å²) in [5, 5.41) is 8.96. The fourth-order valence-electron chi connectivity index (χ4n) is 4.62. The zero-order valence-corrected chi connectivity index (χ0v) is 12.1. The van der Waals surface area contributed by atoms with Crippen LogP contribution in [0.1, 0.15) is 64.2 Å². The number of aliphatic carboxylic acids is 1. The van der Waals surface area contributed by atoms with E-state index in [-0.39, 0.29) is 18.3 Å². The van der Waals surface area contributed by atoms with Crippen molar-refractivity contribution in [1.82, 2.24) is 4.90 Å². The Morgan fingerprint density at radius 2 is 1.55 bits per heavy atom. The number of hydrogen-bond donors (Lipinski definition) is 1. The molecular formula is C16H25NO3. The first-order valence-electron chi connectivity index (χ1n) is 8.19. The van der Waals surface area contributed by atoms with Gasteiger partial charge >= 0.3 is 5.97 Å². The van der Waals surface area contributed by atoms with E-state index in [1.54, 1.807) is 0 Å². The normalized spacial score (nSPS) is 34.2. The highest BCUT2D eigenvalue weighted by Gasteiger charge is 2.44. The van der Waals surface area contributed by atoms with Gasteiger partial charge in [-0.2, -0.15) is 0 Å². The van der Waals surface area contributed by atoms with Gasteiger partial charge in [-0.05, 0) is 44.4 Å². The lowest BCUT2D eigenvalue weighted by Gasteiger charge is -2.41. The molecule has 0 aromatic heterocycles. The molecule has 20 heavy (non-hydrogen) atoms. The van der Waals surface area contributed by atoms with Crippen LogP contribution in [0.4, 0.5) is 0 Å². The molecule has 0 radical (unpaired) electrons. The van der Waals surface area contributed by atoms with Crippen molar-refractivity contribution in [1.29, 1.82) is 0 Å². The molecule has 3 rings (SSSR count). The molecule has 2 aliphatic heterocycles. The Balaban J connectivity index is 1.64. The SMILES string of the molecule is O=C(O)CC1CC2CCC(C1)N2C(=O)C1CCCCC1. The lowest BCUT2D eigenvalue weighted by atomic mass is 9.84. The molecule has 1 amide bonds. The quantitative estimate of drug-likeness (QED) is 0.864. The lowest BCUT2D eigenvalue weighted by Crippen LogP contribution is -2.49. The van der Waals surface area contributed by atoms with Crippen molar-refractivity contribution in [3.05, 3.63) is 0 Å². The summed E-state index contributed by atoms with van der Waals surface area (Å²) in [6, 6.07) is 0.653. The summed E-state index contributed by atoms with van der Waals surface area (Å²) in [6.07, 6.45) is 10.0. The Hall–Kier alpha value is -1.06. The van der Waals surface area contributed by atoms with E-state index < -0.39 is 5.97 Å². The first-order valence-corrected chi connectivity index (χ1v) is 8.19. The number of fused-ring (bicyclic) bond motifs is 2. The van der Waals surface area contributed by atoms with Crippen LogP contribution in [0.3, 0.4) is 0 Å². The second-order valence-electron chi connectivity index (χ2n) is 6.90. The molecule has 0 aromatic rings.